The number of aromatic nitrogens is 12. The normalized spacial score (nSPS) is 19.4. The largest absolute Gasteiger partial charge is 0.450 e. The molecule has 12 aromatic heterocycles. The van der Waals surface area contributed by atoms with Gasteiger partial charge in [0.2, 0.25) is 0 Å². The molecule has 0 radical (unpaired) electrons. The minimum absolute atomic E-state index is 0.106. The van der Waals surface area contributed by atoms with Crippen LogP contribution in [0.2, 0.25) is 0 Å². The first-order valence-electron chi connectivity index (χ1n) is 35.9. The number of esters is 12. The predicted octanol–water partition coefficient (Wildman–Crippen LogP) is 7.45. The molecule has 36 nitrogen and oxygen atoms in total. The van der Waals surface area contributed by atoms with Crippen LogP contribution in [0.15, 0.2) is 294 Å². The molecule has 0 amide bonds. The summed E-state index contributed by atoms with van der Waals surface area (Å²) in [5, 5.41) is 0. The quantitative estimate of drug-likeness (QED) is 0.0418. The van der Waals surface area contributed by atoms with Gasteiger partial charge in [0.15, 0.2) is 73.2 Å². The zero-order valence-electron chi connectivity index (χ0n) is 61.8. The highest BCUT2D eigenvalue weighted by Gasteiger charge is 2.64. The van der Waals surface area contributed by atoms with Gasteiger partial charge < -0.3 is 56.8 Å². The Kier molecular flexibility index (Phi) is 26.8. The van der Waals surface area contributed by atoms with Gasteiger partial charge in [-0.1, -0.05) is 0 Å². The van der Waals surface area contributed by atoms with Crippen molar-refractivity contribution >= 4 is 71.6 Å². The molecule has 0 spiro atoms. The third-order valence-corrected chi connectivity index (χ3v) is 17.6. The Balaban J connectivity index is 0.000000207. The van der Waals surface area contributed by atoms with Gasteiger partial charge in [-0.2, -0.15) is 0 Å². The molecule has 120 heavy (non-hydrogen) atoms. The maximum atomic E-state index is 14.0. The predicted molar refractivity (Wildman–Crippen MR) is 401 cm³/mol. The second-order valence-electron chi connectivity index (χ2n) is 25.3. The van der Waals surface area contributed by atoms with Crippen LogP contribution in [0.4, 0.5) is 0 Å². The highest BCUT2D eigenvalue weighted by atomic mass is 16.7. The lowest BCUT2D eigenvalue weighted by Gasteiger charge is -2.47. The van der Waals surface area contributed by atoms with Gasteiger partial charge in [0, 0.05) is 149 Å². The second kappa shape index (κ2) is 39.5. The minimum atomic E-state index is -1.99. The maximum absolute atomic E-state index is 14.0. The Hall–Kier alpha value is -16.6. The van der Waals surface area contributed by atoms with E-state index in [1.165, 1.54) is 294 Å². The molecular weight excluding hydrogens is 1560 g/mol. The molecule has 2 saturated carbocycles. The van der Waals surface area contributed by atoms with Crippen molar-refractivity contribution in [2.24, 2.45) is 0 Å². The number of carbonyl (C=O) groups excluding carboxylic acids is 12. The van der Waals surface area contributed by atoms with Gasteiger partial charge in [-0.3, -0.25) is 59.8 Å². The van der Waals surface area contributed by atoms with Crippen LogP contribution in [-0.2, 0) is 56.8 Å². The molecule has 14 rings (SSSR count). The summed E-state index contributed by atoms with van der Waals surface area (Å²) in [6, 6.07) is 33.7. The molecule has 0 saturated heterocycles. The molecule has 0 aromatic carbocycles. The number of pyridine rings is 12. The lowest BCUT2D eigenvalue weighted by molar-refractivity contribution is -0.223. The van der Waals surface area contributed by atoms with Gasteiger partial charge in [-0.15, -0.1) is 0 Å². The fraction of sp³-hybridized carbons (Fsp3) is 0.143. The first kappa shape index (κ1) is 81.5. The summed E-state index contributed by atoms with van der Waals surface area (Å²) >= 11 is 0. The van der Waals surface area contributed by atoms with Crippen LogP contribution in [0.3, 0.4) is 0 Å². The van der Waals surface area contributed by atoms with E-state index in [0.717, 1.165) is 0 Å². The van der Waals surface area contributed by atoms with Crippen LogP contribution in [-0.4, -0.2) is 205 Å². The number of hydrogen-bond acceptors (Lipinski definition) is 36. The average molecular weight is 1620 g/mol. The minimum Gasteiger partial charge on any atom is -0.450 e. The Morgan fingerprint density at radius 2 is 0.217 bits per heavy atom. The number of hydrogen-bond donors (Lipinski definition) is 0. The molecule has 0 bridgehead atoms. The van der Waals surface area contributed by atoms with Crippen molar-refractivity contribution in [3.8, 4) is 0 Å². The SMILES string of the molecule is O=C(OC1C(OC(=O)c2cccnc2)C(OC(=O)c2cccnc2)C(OC(=O)c2cccnc2)C(OC(=O)c2cccnc2)C1OC(=O)c1cccnc1)c1cccnc1.O=C(OC1C(OC(=O)c2cccnc2)C(OC(=O)c2cccnc2)C(OC(=O)c2cccnc2)C(OC(=O)c2cccnc2)C1OC(=O)c1cccnc1)c1cccnc1. The number of nitrogens with zero attached hydrogens (tertiary/aromatic N) is 12. The van der Waals surface area contributed by atoms with Crippen molar-refractivity contribution in [3.05, 3.63) is 361 Å². The first-order valence-corrected chi connectivity index (χ1v) is 35.9. The zero-order valence-corrected chi connectivity index (χ0v) is 61.8. The molecule has 36 heteroatoms. The standard InChI is InChI=1S/2C42H30N6O12/c2*49-37(25-7-1-13-43-19-25)55-31-32(56-38(50)26-8-2-14-44-20-26)34(58-40(52)28-10-4-16-46-22-28)36(60-42(54)30-12-6-18-48-24-30)35(59-41(53)29-11-5-17-47-23-29)33(31)57-39(51)27-9-3-15-45-21-27/h2*1-24,31-36H. The van der Waals surface area contributed by atoms with E-state index in [-0.39, 0.29) is 66.8 Å². The Morgan fingerprint density at radius 3 is 0.275 bits per heavy atom. The molecule has 0 atom stereocenters. The molecule has 2 aliphatic carbocycles. The average Bonchev–Trinajstić information content (AvgIpc) is 0.753. The van der Waals surface area contributed by atoms with Crippen LogP contribution in [0, 0.1) is 0 Å². The molecule has 0 aliphatic heterocycles. The lowest BCUT2D eigenvalue weighted by Crippen LogP contribution is -2.69. The van der Waals surface area contributed by atoms with Crippen molar-refractivity contribution in [3.63, 3.8) is 0 Å². The van der Waals surface area contributed by atoms with Crippen LogP contribution < -0.4 is 0 Å². The van der Waals surface area contributed by atoms with E-state index in [9.17, 15) is 57.5 Å². The molecule has 2 fully saturated rings. The Bertz CT molecular complexity index is 4300. The highest BCUT2D eigenvalue weighted by molar-refractivity contribution is 5.96. The Labute approximate surface area is 677 Å². The summed E-state index contributed by atoms with van der Waals surface area (Å²) in [6.45, 7) is 0. The van der Waals surface area contributed by atoms with Gasteiger partial charge in [0.1, 0.15) is 0 Å². The molecule has 2 aliphatic rings. The van der Waals surface area contributed by atoms with Gasteiger partial charge in [-0.05, 0) is 146 Å². The van der Waals surface area contributed by atoms with Crippen molar-refractivity contribution in [1.82, 2.24) is 59.8 Å². The monoisotopic (exact) mass is 1620 g/mol. The third-order valence-electron chi connectivity index (χ3n) is 17.6. The maximum Gasteiger partial charge on any atom is 0.340 e. The Morgan fingerprint density at radius 1 is 0.142 bits per heavy atom. The van der Waals surface area contributed by atoms with Crippen molar-refractivity contribution < 1.29 is 114 Å². The van der Waals surface area contributed by atoms with Gasteiger partial charge in [-0.25, -0.2) is 57.5 Å². The molecule has 12 heterocycles. The fourth-order valence-electron chi connectivity index (χ4n) is 12.0. The summed E-state index contributed by atoms with van der Waals surface area (Å²) in [5.74, 6) is -13.0. The fourth-order valence-corrected chi connectivity index (χ4v) is 12.0. The van der Waals surface area contributed by atoms with Gasteiger partial charge in [0.05, 0.1) is 66.8 Å². The van der Waals surface area contributed by atoms with E-state index >= 15 is 0 Å². The van der Waals surface area contributed by atoms with E-state index < -0.39 is 145 Å². The summed E-state index contributed by atoms with van der Waals surface area (Å²) < 4.78 is 72.3. The topological polar surface area (TPSA) is 470 Å². The van der Waals surface area contributed by atoms with E-state index in [1.807, 2.05) is 0 Å². The first-order chi connectivity index (χ1) is 58.5. The van der Waals surface area contributed by atoms with Crippen LogP contribution in [0.1, 0.15) is 124 Å². The van der Waals surface area contributed by atoms with Crippen molar-refractivity contribution in [2.45, 2.75) is 73.2 Å². The highest BCUT2D eigenvalue weighted by Crippen LogP contribution is 2.40. The van der Waals surface area contributed by atoms with E-state index in [1.54, 1.807) is 0 Å². The second-order valence-corrected chi connectivity index (χ2v) is 25.3. The van der Waals surface area contributed by atoms with Crippen molar-refractivity contribution in [2.75, 3.05) is 0 Å². The van der Waals surface area contributed by atoms with Crippen LogP contribution in [0.25, 0.3) is 0 Å². The van der Waals surface area contributed by atoms with E-state index in [4.69, 9.17) is 56.8 Å². The van der Waals surface area contributed by atoms with Crippen molar-refractivity contribution in [1.29, 1.82) is 0 Å². The lowest BCUT2D eigenvalue weighted by atomic mass is 9.83. The molecule has 0 unspecified atom stereocenters. The summed E-state index contributed by atoms with van der Waals surface area (Å²) in [7, 11) is 0. The van der Waals surface area contributed by atoms with Gasteiger partial charge >= 0.3 is 71.6 Å². The zero-order chi connectivity index (χ0) is 83.7. The molecule has 12 aromatic rings. The number of rotatable bonds is 24. The van der Waals surface area contributed by atoms with E-state index in [2.05, 4.69) is 59.8 Å². The smallest absolute Gasteiger partial charge is 0.340 e. The number of carbonyl (C=O) groups is 12. The molecular formula is C84H60N12O24. The molecule has 600 valence electrons. The third kappa shape index (κ3) is 20.5. The number of ether oxygens (including phenoxy) is 12. The summed E-state index contributed by atoms with van der Waals surface area (Å²) in [6.07, 6.45) is 6.99. The van der Waals surface area contributed by atoms with E-state index in [0.29, 0.717) is 0 Å². The van der Waals surface area contributed by atoms with Crippen LogP contribution in [0.5, 0.6) is 0 Å². The molecule has 0 N–H and O–H groups in total. The van der Waals surface area contributed by atoms with Crippen LogP contribution >= 0.6 is 0 Å². The summed E-state index contributed by atoms with van der Waals surface area (Å²) in [4.78, 5) is 215. The summed E-state index contributed by atoms with van der Waals surface area (Å²) in [5.41, 5.74) is -1.28. The van der Waals surface area contributed by atoms with Gasteiger partial charge in [0.25, 0.3) is 0 Å².